The lowest BCUT2D eigenvalue weighted by Gasteiger charge is -2.10. The van der Waals surface area contributed by atoms with Gasteiger partial charge in [0.25, 0.3) is 5.91 Å². The van der Waals surface area contributed by atoms with Gasteiger partial charge in [-0.1, -0.05) is 11.6 Å². The van der Waals surface area contributed by atoms with Gasteiger partial charge in [0.1, 0.15) is 0 Å². The van der Waals surface area contributed by atoms with E-state index in [-0.39, 0.29) is 34.4 Å². The summed E-state index contributed by atoms with van der Waals surface area (Å²) in [4.78, 5) is 19.3. The highest BCUT2D eigenvalue weighted by Gasteiger charge is 2.16. The molecule has 0 spiro atoms. The average Bonchev–Trinajstić information content (AvgIpc) is 2.41. The van der Waals surface area contributed by atoms with Gasteiger partial charge in [0.05, 0.1) is 0 Å². The number of hydrogen-bond acceptors (Lipinski definition) is 7. The minimum atomic E-state index is -0.730. The van der Waals surface area contributed by atoms with Crippen LogP contribution in [0.15, 0.2) is 0 Å². The molecule has 0 saturated heterocycles. The number of carbonyl (C=O) groups excluding carboxylic acids is 1. The summed E-state index contributed by atoms with van der Waals surface area (Å²) in [6, 6.07) is 0. The Kier molecular flexibility index (Phi) is 6.13. The van der Waals surface area contributed by atoms with Gasteiger partial charge in [-0.25, -0.2) is 9.97 Å². The minimum Gasteiger partial charge on any atom is -0.382 e. The molecule has 0 radical (unpaired) electrons. The van der Waals surface area contributed by atoms with Crippen molar-refractivity contribution in [1.29, 1.82) is 10.8 Å². The molecule has 0 aromatic carbocycles. The summed E-state index contributed by atoms with van der Waals surface area (Å²) in [5, 5.41) is 21.9. The molecule has 1 amide bonds. The maximum Gasteiger partial charge on any atom is 0.280 e. The number of amides is 1. The first-order chi connectivity index (χ1) is 10.3. The van der Waals surface area contributed by atoms with E-state index in [9.17, 15) is 4.79 Å². The molecular formula is C10H17ClN10O. The van der Waals surface area contributed by atoms with E-state index in [4.69, 9.17) is 39.6 Å². The van der Waals surface area contributed by atoms with Gasteiger partial charge in [0, 0.05) is 13.1 Å². The molecule has 120 valence electrons. The molecule has 1 aromatic rings. The molecule has 0 aliphatic rings. The van der Waals surface area contributed by atoms with Crippen LogP contribution in [0.1, 0.15) is 16.9 Å². The van der Waals surface area contributed by atoms with Crippen molar-refractivity contribution < 1.29 is 4.79 Å². The van der Waals surface area contributed by atoms with E-state index in [1.807, 2.05) is 0 Å². The first-order valence-electron chi connectivity index (χ1n) is 6.11. The molecule has 11 N–H and O–H groups in total. The van der Waals surface area contributed by atoms with Crippen LogP contribution in [0.3, 0.4) is 0 Å². The maximum atomic E-state index is 11.9. The van der Waals surface area contributed by atoms with Crippen molar-refractivity contribution >= 4 is 41.1 Å². The van der Waals surface area contributed by atoms with Crippen molar-refractivity contribution in [3.63, 3.8) is 0 Å². The Morgan fingerprint density at radius 1 is 1.14 bits per heavy atom. The number of nitrogens with one attached hydrogen (secondary N) is 5. The second-order valence-electron chi connectivity index (χ2n) is 4.08. The van der Waals surface area contributed by atoms with Crippen molar-refractivity contribution in [2.24, 2.45) is 5.73 Å². The van der Waals surface area contributed by atoms with Crippen LogP contribution in [0.25, 0.3) is 0 Å². The van der Waals surface area contributed by atoms with Crippen molar-refractivity contribution in [2.45, 2.75) is 6.42 Å². The van der Waals surface area contributed by atoms with E-state index in [2.05, 4.69) is 25.9 Å². The molecule has 1 aromatic heterocycles. The van der Waals surface area contributed by atoms with Gasteiger partial charge in [-0.05, 0) is 6.42 Å². The van der Waals surface area contributed by atoms with Gasteiger partial charge in [0.15, 0.2) is 34.4 Å². The summed E-state index contributed by atoms with van der Waals surface area (Å²) in [7, 11) is 0. The highest BCUT2D eigenvalue weighted by molar-refractivity contribution is 6.31. The highest BCUT2D eigenvalue weighted by Crippen LogP contribution is 2.16. The zero-order valence-corrected chi connectivity index (χ0v) is 12.3. The Morgan fingerprint density at radius 3 is 2.41 bits per heavy atom. The predicted molar refractivity (Wildman–Crippen MR) is 83.6 cm³/mol. The molecule has 0 unspecified atom stereocenters. The molecule has 0 aliphatic carbocycles. The number of rotatable bonds is 5. The third kappa shape index (κ3) is 5.28. The fourth-order valence-electron chi connectivity index (χ4n) is 1.35. The number of nitrogens with two attached hydrogens (primary N) is 3. The number of nitrogen functional groups attached to an aromatic ring is 2. The van der Waals surface area contributed by atoms with Crippen LogP contribution in [-0.4, -0.2) is 40.9 Å². The van der Waals surface area contributed by atoms with Crippen LogP contribution in [0.2, 0.25) is 5.15 Å². The molecule has 0 fully saturated rings. The molecule has 22 heavy (non-hydrogen) atoms. The van der Waals surface area contributed by atoms with E-state index >= 15 is 0 Å². The largest absolute Gasteiger partial charge is 0.382 e. The molecule has 0 aliphatic heterocycles. The third-order valence-electron chi connectivity index (χ3n) is 2.33. The molecule has 0 saturated carbocycles. The van der Waals surface area contributed by atoms with Crippen LogP contribution < -0.4 is 33.2 Å². The number of hydrogen-bond donors (Lipinski definition) is 8. The second-order valence-corrected chi connectivity index (χ2v) is 4.44. The van der Waals surface area contributed by atoms with Gasteiger partial charge in [-0.2, -0.15) is 0 Å². The molecule has 12 heteroatoms. The van der Waals surface area contributed by atoms with Crippen LogP contribution in [0.5, 0.6) is 0 Å². The third-order valence-corrected chi connectivity index (χ3v) is 2.61. The molecule has 11 nitrogen and oxygen atoms in total. The quantitative estimate of drug-likeness (QED) is 0.179. The molecule has 1 rings (SSSR count). The first kappa shape index (κ1) is 17.2. The number of halogens is 1. The Hall–Kier alpha value is -2.82. The zero-order chi connectivity index (χ0) is 16.7. The topological polar surface area (TPSA) is 205 Å². The lowest BCUT2D eigenvalue weighted by molar-refractivity contribution is 0.0971. The molecule has 0 bridgehead atoms. The number of aromatic nitrogens is 2. The molecule has 0 atom stereocenters. The van der Waals surface area contributed by atoms with E-state index in [0.717, 1.165) is 0 Å². The lowest BCUT2D eigenvalue weighted by atomic mass is 10.3. The summed E-state index contributed by atoms with van der Waals surface area (Å²) in [5.41, 5.74) is 15.8. The lowest BCUT2D eigenvalue weighted by Crippen LogP contribution is -2.42. The van der Waals surface area contributed by atoms with Gasteiger partial charge in [0.2, 0.25) is 0 Å². The minimum absolute atomic E-state index is 0.0816. The Balaban J connectivity index is 2.46. The fraction of sp³-hybridized carbons (Fsp3) is 0.300. The van der Waals surface area contributed by atoms with Gasteiger partial charge >= 0.3 is 0 Å². The Morgan fingerprint density at radius 2 is 1.77 bits per heavy atom. The summed E-state index contributed by atoms with van der Waals surface area (Å²) in [6.45, 7) is 0.860. The smallest absolute Gasteiger partial charge is 0.280 e. The van der Waals surface area contributed by atoms with E-state index in [1.54, 1.807) is 0 Å². The summed E-state index contributed by atoms with van der Waals surface area (Å²) in [6.07, 6.45) is 0.591. The van der Waals surface area contributed by atoms with E-state index in [0.29, 0.717) is 19.5 Å². The number of nitrogens with zero attached hydrogens (tertiary/aromatic N) is 2. The number of carbonyl (C=O) groups is 1. The van der Waals surface area contributed by atoms with Crippen molar-refractivity contribution in [3.8, 4) is 0 Å². The molecular weight excluding hydrogens is 312 g/mol. The second kappa shape index (κ2) is 7.83. The van der Waals surface area contributed by atoms with E-state index < -0.39 is 5.91 Å². The zero-order valence-electron chi connectivity index (χ0n) is 11.5. The summed E-state index contributed by atoms with van der Waals surface area (Å²) < 4.78 is 0. The van der Waals surface area contributed by atoms with Crippen LogP contribution in [-0.2, 0) is 0 Å². The number of anilines is 2. The van der Waals surface area contributed by atoms with Crippen LogP contribution >= 0.6 is 11.6 Å². The normalized spacial score (nSPS) is 9.86. The maximum absolute atomic E-state index is 11.9. The highest BCUT2D eigenvalue weighted by atomic mass is 35.5. The van der Waals surface area contributed by atoms with Gasteiger partial charge < -0.3 is 27.8 Å². The van der Waals surface area contributed by atoms with Gasteiger partial charge in [-0.15, -0.1) is 0 Å². The number of guanidine groups is 2. The predicted octanol–water partition coefficient (Wildman–Crippen LogP) is -1.58. The van der Waals surface area contributed by atoms with Gasteiger partial charge in [-0.3, -0.25) is 20.9 Å². The first-order valence-corrected chi connectivity index (χ1v) is 6.49. The van der Waals surface area contributed by atoms with E-state index in [1.165, 1.54) is 0 Å². The standard InChI is InChI=1S/C10H17ClN10O/c11-5-7(13)20-6(12)4(19-5)8(22)21-10(16)18-3-1-2-17-9(14)15/h1-3H2,(H4,12,13,20)(H4,14,15,17)(H3,16,18,21,22). The van der Waals surface area contributed by atoms with Crippen molar-refractivity contribution in [2.75, 3.05) is 24.6 Å². The Bertz CT molecular complexity index is 589. The van der Waals surface area contributed by atoms with Crippen molar-refractivity contribution in [3.05, 3.63) is 10.8 Å². The van der Waals surface area contributed by atoms with Crippen molar-refractivity contribution in [1.82, 2.24) is 25.9 Å². The Labute approximate surface area is 131 Å². The SMILES string of the molecule is N=C(N)NCCCNC(=N)NC(=O)c1nc(Cl)c(N)nc1N. The summed E-state index contributed by atoms with van der Waals surface area (Å²) >= 11 is 5.67. The monoisotopic (exact) mass is 328 g/mol. The molecule has 1 heterocycles. The fourth-order valence-corrected chi connectivity index (χ4v) is 1.48. The van der Waals surface area contributed by atoms with Crippen LogP contribution in [0, 0.1) is 10.8 Å². The average molecular weight is 329 g/mol. The van der Waals surface area contributed by atoms with Crippen LogP contribution in [0.4, 0.5) is 11.6 Å². The summed E-state index contributed by atoms with van der Waals surface area (Å²) in [5.74, 6) is -1.36.